The van der Waals surface area contributed by atoms with Crippen LogP contribution in [-0.4, -0.2) is 4.57 Å². The van der Waals surface area contributed by atoms with Gasteiger partial charge < -0.3 is 4.74 Å². The molecular formula is C34H23Cl2FN2O2S. The molecule has 0 spiro atoms. The Morgan fingerprint density at radius 1 is 0.976 bits per heavy atom. The van der Waals surface area contributed by atoms with E-state index in [1.54, 1.807) is 22.8 Å². The van der Waals surface area contributed by atoms with E-state index >= 15 is 0 Å². The van der Waals surface area contributed by atoms with E-state index in [9.17, 15) is 9.18 Å². The fourth-order valence-corrected chi connectivity index (χ4v) is 7.12. The minimum Gasteiger partial charge on any atom is -0.488 e. The van der Waals surface area contributed by atoms with Crippen LogP contribution in [0.3, 0.4) is 0 Å². The normalized spacial score (nSPS) is 16.0. The molecule has 0 fully saturated rings. The molecule has 0 N–H and O–H groups in total. The molecule has 0 saturated heterocycles. The Morgan fingerprint density at radius 3 is 2.67 bits per heavy atom. The number of aryl methyl sites for hydroxylation is 1. The number of fused-ring (bicyclic) bond motifs is 3. The van der Waals surface area contributed by atoms with Gasteiger partial charge in [0.15, 0.2) is 4.80 Å². The van der Waals surface area contributed by atoms with Gasteiger partial charge in [0.25, 0.3) is 5.56 Å². The Hall–Kier alpha value is -3.97. The number of hydrogen-bond donors (Lipinski definition) is 0. The molecule has 42 heavy (non-hydrogen) atoms. The molecule has 0 amide bonds. The van der Waals surface area contributed by atoms with Crippen molar-refractivity contribution in [2.24, 2.45) is 4.99 Å². The number of ether oxygens (including phenoxy) is 1. The quantitative estimate of drug-likeness (QED) is 0.208. The van der Waals surface area contributed by atoms with Crippen molar-refractivity contribution in [1.29, 1.82) is 0 Å². The smallest absolute Gasteiger partial charge is 0.271 e. The summed E-state index contributed by atoms with van der Waals surface area (Å²) in [7, 11) is 0. The van der Waals surface area contributed by atoms with Crippen LogP contribution in [0.25, 0.3) is 11.8 Å². The van der Waals surface area contributed by atoms with Crippen molar-refractivity contribution in [3.63, 3.8) is 0 Å². The summed E-state index contributed by atoms with van der Waals surface area (Å²) < 4.78 is 22.9. The molecule has 4 aromatic carbocycles. The third kappa shape index (κ3) is 4.90. The maximum Gasteiger partial charge on any atom is 0.271 e. The highest BCUT2D eigenvalue weighted by Gasteiger charge is 2.32. The highest BCUT2D eigenvalue weighted by atomic mass is 35.5. The summed E-state index contributed by atoms with van der Waals surface area (Å²) in [6.07, 6.45) is 3.41. The summed E-state index contributed by atoms with van der Waals surface area (Å²) in [5.74, 6) is 0.279. The van der Waals surface area contributed by atoms with Crippen molar-refractivity contribution < 1.29 is 9.13 Å². The highest BCUT2D eigenvalue weighted by Crippen LogP contribution is 2.41. The predicted molar refractivity (Wildman–Crippen MR) is 166 cm³/mol. The lowest BCUT2D eigenvalue weighted by molar-refractivity contribution is 0.305. The van der Waals surface area contributed by atoms with E-state index < -0.39 is 6.04 Å². The Morgan fingerprint density at radius 2 is 1.81 bits per heavy atom. The van der Waals surface area contributed by atoms with Crippen molar-refractivity contribution in [3.05, 3.63) is 160 Å². The number of rotatable bonds is 5. The van der Waals surface area contributed by atoms with Gasteiger partial charge in [-0.15, -0.1) is 0 Å². The van der Waals surface area contributed by atoms with Crippen LogP contribution in [-0.2, 0) is 13.0 Å². The number of para-hydroxylation sites is 1. The van der Waals surface area contributed by atoms with Crippen LogP contribution in [0.15, 0.2) is 106 Å². The minimum absolute atomic E-state index is 0.172. The number of thiazole rings is 1. The second kappa shape index (κ2) is 11.0. The predicted octanol–water partition coefficient (Wildman–Crippen LogP) is 7.34. The second-order valence-corrected chi connectivity index (χ2v) is 12.1. The molecule has 2 aliphatic rings. The zero-order valence-corrected chi connectivity index (χ0v) is 24.5. The van der Waals surface area contributed by atoms with Crippen LogP contribution < -0.4 is 19.6 Å². The fraction of sp³-hybridized carbons (Fsp3) is 0.118. The highest BCUT2D eigenvalue weighted by molar-refractivity contribution is 7.07. The lowest BCUT2D eigenvalue weighted by atomic mass is 9.83. The molecule has 0 saturated carbocycles. The first-order valence-electron chi connectivity index (χ1n) is 13.5. The molecule has 8 heteroatoms. The SMILES string of the molecule is O=c1/c(=C/c2ccccc2OCc2ccc(Cl)cc2Cl)sc2n1[C@H](c1cccc(F)c1)C1=C(N=2)c2ccccc2CC1. The van der Waals surface area contributed by atoms with Crippen molar-refractivity contribution >= 4 is 46.3 Å². The summed E-state index contributed by atoms with van der Waals surface area (Å²) in [6, 6.07) is 27.1. The van der Waals surface area contributed by atoms with E-state index in [4.69, 9.17) is 32.9 Å². The van der Waals surface area contributed by atoms with Crippen LogP contribution >= 0.6 is 34.5 Å². The molecular weight excluding hydrogens is 590 g/mol. The monoisotopic (exact) mass is 612 g/mol. The summed E-state index contributed by atoms with van der Waals surface area (Å²) in [4.78, 5) is 19.7. The molecule has 0 radical (unpaired) electrons. The molecule has 0 bridgehead atoms. The summed E-state index contributed by atoms with van der Waals surface area (Å²) >= 11 is 13.7. The molecule has 0 unspecified atom stereocenters. The van der Waals surface area contributed by atoms with Gasteiger partial charge in [-0.25, -0.2) is 9.38 Å². The van der Waals surface area contributed by atoms with Gasteiger partial charge in [0.1, 0.15) is 18.2 Å². The molecule has 4 nitrogen and oxygen atoms in total. The van der Waals surface area contributed by atoms with Gasteiger partial charge in [0, 0.05) is 26.7 Å². The van der Waals surface area contributed by atoms with E-state index in [1.165, 1.54) is 29.0 Å². The number of allylic oxidation sites excluding steroid dienone is 1. The number of hydrogen-bond acceptors (Lipinski definition) is 4. The van der Waals surface area contributed by atoms with E-state index in [2.05, 4.69) is 12.1 Å². The number of aromatic nitrogens is 1. The average Bonchev–Trinajstić information content (AvgIpc) is 3.30. The lowest BCUT2D eigenvalue weighted by Gasteiger charge is -2.30. The van der Waals surface area contributed by atoms with E-state index in [0.717, 1.165) is 46.4 Å². The topological polar surface area (TPSA) is 43.6 Å². The number of nitrogens with zero attached hydrogens (tertiary/aromatic N) is 2. The molecule has 5 aromatic rings. The van der Waals surface area contributed by atoms with Crippen LogP contribution in [0.4, 0.5) is 4.39 Å². The van der Waals surface area contributed by atoms with Crippen molar-refractivity contribution in [1.82, 2.24) is 4.57 Å². The maximum atomic E-state index is 14.5. The second-order valence-electron chi connectivity index (χ2n) is 10.2. The first-order valence-corrected chi connectivity index (χ1v) is 15.1. The zero-order valence-electron chi connectivity index (χ0n) is 22.2. The molecule has 1 aliphatic heterocycles. The Labute approximate surface area is 255 Å². The molecule has 7 rings (SSSR count). The number of benzene rings is 4. The minimum atomic E-state index is -0.444. The molecule has 1 aliphatic carbocycles. The third-order valence-corrected chi connectivity index (χ3v) is 9.21. The van der Waals surface area contributed by atoms with Gasteiger partial charge in [-0.2, -0.15) is 0 Å². The van der Waals surface area contributed by atoms with Gasteiger partial charge in [-0.1, -0.05) is 95.2 Å². The van der Waals surface area contributed by atoms with Crippen LogP contribution in [0.1, 0.15) is 40.3 Å². The maximum absolute atomic E-state index is 14.5. The van der Waals surface area contributed by atoms with Crippen LogP contribution in [0, 0.1) is 5.82 Å². The van der Waals surface area contributed by atoms with Crippen molar-refractivity contribution in [2.75, 3.05) is 0 Å². The standard InChI is InChI=1S/C34H23Cl2FN2O2S/c35-24-14-12-23(28(36)18-24)19-41-29-11-4-2-7-21(29)17-30-33(40)39-32(22-8-5-9-25(37)16-22)27-15-13-20-6-1-3-10-26(20)31(27)38-34(39)42-30/h1-12,14,16-18,32H,13,15,19H2/b30-17-/t32-/m1/s1. The zero-order chi connectivity index (χ0) is 28.8. The van der Waals surface area contributed by atoms with Crippen molar-refractivity contribution in [2.45, 2.75) is 25.5 Å². The Balaban J connectivity index is 1.35. The van der Waals surface area contributed by atoms with E-state index in [1.807, 2.05) is 54.6 Å². The molecule has 1 atom stereocenters. The summed E-state index contributed by atoms with van der Waals surface area (Å²) in [5, 5.41) is 1.08. The van der Waals surface area contributed by atoms with Gasteiger partial charge in [0.05, 0.1) is 16.3 Å². The van der Waals surface area contributed by atoms with E-state index in [0.29, 0.717) is 25.1 Å². The third-order valence-electron chi connectivity index (χ3n) is 7.64. The van der Waals surface area contributed by atoms with Crippen molar-refractivity contribution in [3.8, 4) is 5.75 Å². The van der Waals surface area contributed by atoms with Gasteiger partial charge in [0.2, 0.25) is 0 Å². The van der Waals surface area contributed by atoms with Gasteiger partial charge >= 0.3 is 0 Å². The van der Waals surface area contributed by atoms with Crippen LogP contribution in [0.5, 0.6) is 5.75 Å². The summed E-state index contributed by atoms with van der Waals surface area (Å²) in [5.41, 5.74) is 6.31. The van der Waals surface area contributed by atoms with E-state index in [-0.39, 0.29) is 18.0 Å². The fourth-order valence-electron chi connectivity index (χ4n) is 5.67. The van der Waals surface area contributed by atoms with Crippen LogP contribution in [0.2, 0.25) is 10.0 Å². The average molecular weight is 614 g/mol. The molecule has 1 aromatic heterocycles. The van der Waals surface area contributed by atoms with Gasteiger partial charge in [-0.3, -0.25) is 9.36 Å². The summed E-state index contributed by atoms with van der Waals surface area (Å²) in [6.45, 7) is 0.244. The number of halogens is 3. The molecule has 208 valence electrons. The first kappa shape index (κ1) is 26.9. The largest absolute Gasteiger partial charge is 0.488 e. The van der Waals surface area contributed by atoms with Gasteiger partial charge in [-0.05, 0) is 65.9 Å². The lowest BCUT2D eigenvalue weighted by Crippen LogP contribution is -2.38. The first-order chi connectivity index (χ1) is 20.5. The Bertz CT molecular complexity index is 2080. The Kier molecular flexibility index (Phi) is 7.06. The molecule has 2 heterocycles.